The highest BCUT2D eigenvalue weighted by molar-refractivity contribution is 5.97. The lowest BCUT2D eigenvalue weighted by Gasteiger charge is -2.31. The fourth-order valence-corrected chi connectivity index (χ4v) is 4.08. The molecule has 2 atom stereocenters. The molecule has 1 aromatic heterocycles. The Morgan fingerprint density at radius 1 is 1.16 bits per heavy atom. The second kappa shape index (κ2) is 9.11. The lowest BCUT2D eigenvalue weighted by atomic mass is 10.1. The van der Waals surface area contributed by atoms with E-state index in [1.54, 1.807) is 23.2 Å². The molecule has 2 N–H and O–H groups in total. The summed E-state index contributed by atoms with van der Waals surface area (Å²) in [7, 11) is 0. The Bertz CT molecular complexity index is 985. The Hall–Kier alpha value is -3.49. The van der Waals surface area contributed by atoms with Crippen LogP contribution in [0.1, 0.15) is 40.0 Å². The molecule has 3 heterocycles. The number of carbonyl (C=O) groups is 3. The van der Waals surface area contributed by atoms with E-state index in [1.165, 1.54) is 18.3 Å². The molecule has 0 aliphatic carbocycles. The van der Waals surface area contributed by atoms with Crippen LogP contribution in [0.2, 0.25) is 0 Å². The number of amides is 3. The quantitative estimate of drug-likeness (QED) is 0.720. The Labute approximate surface area is 178 Å². The number of rotatable bonds is 1. The molecule has 31 heavy (non-hydrogen) atoms. The third-order valence-electron chi connectivity index (χ3n) is 5.55. The standard InChI is InChI=1S/C22H23FN4O4/c23-15-3-6-19-18(10-15)21(29)26-13-17-5-4-16(11-20(28)25-8-9-31-19)27(17)22(30)14-2-1-7-24-12-14/h1-3,6-7,10,12,16-17H,4-5,8-9,11,13H2,(H,25,28)(H,26,29)/t16-,17+/m0/s1. The average molecular weight is 426 g/mol. The van der Waals surface area contributed by atoms with Gasteiger partial charge in [0, 0.05) is 37.4 Å². The monoisotopic (exact) mass is 426 g/mol. The number of nitrogens with one attached hydrogen (secondary N) is 2. The number of nitrogens with zero attached hydrogens (tertiary/aromatic N) is 2. The van der Waals surface area contributed by atoms with Gasteiger partial charge in [0.05, 0.1) is 17.7 Å². The molecule has 8 nitrogen and oxygen atoms in total. The van der Waals surface area contributed by atoms with Crippen LogP contribution in [0.4, 0.5) is 4.39 Å². The molecule has 162 valence electrons. The van der Waals surface area contributed by atoms with Gasteiger partial charge in [0.25, 0.3) is 11.8 Å². The number of halogens is 1. The van der Waals surface area contributed by atoms with Crippen molar-refractivity contribution in [1.82, 2.24) is 20.5 Å². The van der Waals surface area contributed by atoms with E-state index >= 15 is 0 Å². The zero-order chi connectivity index (χ0) is 21.8. The normalized spacial score (nSPS) is 21.9. The summed E-state index contributed by atoms with van der Waals surface area (Å²) < 4.78 is 19.3. The Morgan fingerprint density at radius 2 is 2.00 bits per heavy atom. The number of fused-ring (bicyclic) bond motifs is 3. The molecule has 3 amide bonds. The summed E-state index contributed by atoms with van der Waals surface area (Å²) in [5.41, 5.74) is 0.496. The molecule has 2 aromatic rings. The van der Waals surface area contributed by atoms with Crippen LogP contribution in [0.3, 0.4) is 0 Å². The summed E-state index contributed by atoms with van der Waals surface area (Å²) in [5.74, 6) is -1.21. The summed E-state index contributed by atoms with van der Waals surface area (Å²) in [6.45, 7) is 0.534. The third kappa shape index (κ3) is 4.65. The first kappa shape index (κ1) is 20.8. The minimum absolute atomic E-state index is 0.0723. The maximum atomic E-state index is 13.8. The van der Waals surface area contributed by atoms with Crippen LogP contribution in [0.5, 0.6) is 5.75 Å². The van der Waals surface area contributed by atoms with Crippen LogP contribution < -0.4 is 15.4 Å². The van der Waals surface area contributed by atoms with Crippen LogP contribution in [0, 0.1) is 5.82 Å². The molecule has 0 radical (unpaired) electrons. The molecule has 2 bridgehead atoms. The Kier molecular flexibility index (Phi) is 6.11. The Balaban J connectivity index is 1.62. The van der Waals surface area contributed by atoms with Crippen molar-refractivity contribution < 1.29 is 23.5 Å². The van der Waals surface area contributed by atoms with E-state index < -0.39 is 11.7 Å². The van der Waals surface area contributed by atoms with Crippen LogP contribution in [-0.2, 0) is 4.79 Å². The maximum absolute atomic E-state index is 13.8. The van der Waals surface area contributed by atoms with Gasteiger partial charge >= 0.3 is 0 Å². The molecular formula is C22H23FN4O4. The highest BCUT2D eigenvalue weighted by Crippen LogP contribution is 2.28. The third-order valence-corrected chi connectivity index (χ3v) is 5.55. The molecule has 0 spiro atoms. The van der Waals surface area contributed by atoms with Crippen molar-refractivity contribution in [2.45, 2.75) is 31.3 Å². The van der Waals surface area contributed by atoms with Gasteiger partial charge in [0.2, 0.25) is 5.91 Å². The highest BCUT2D eigenvalue weighted by atomic mass is 19.1. The number of hydrogen-bond donors (Lipinski definition) is 2. The van der Waals surface area contributed by atoms with Gasteiger partial charge in [-0.2, -0.15) is 0 Å². The minimum Gasteiger partial charge on any atom is -0.491 e. The highest BCUT2D eigenvalue weighted by Gasteiger charge is 2.38. The summed E-state index contributed by atoms with van der Waals surface area (Å²) in [6, 6.07) is 6.49. The summed E-state index contributed by atoms with van der Waals surface area (Å²) >= 11 is 0. The van der Waals surface area contributed by atoms with Gasteiger partial charge in [0.15, 0.2) is 0 Å². The van der Waals surface area contributed by atoms with Gasteiger partial charge in [0.1, 0.15) is 18.2 Å². The number of pyridine rings is 1. The second-order valence-corrected chi connectivity index (χ2v) is 7.59. The van der Waals surface area contributed by atoms with Crippen LogP contribution >= 0.6 is 0 Å². The van der Waals surface area contributed by atoms with E-state index in [0.29, 0.717) is 18.4 Å². The fourth-order valence-electron chi connectivity index (χ4n) is 4.08. The molecule has 1 fully saturated rings. The lowest BCUT2D eigenvalue weighted by Crippen LogP contribution is -2.48. The smallest absolute Gasteiger partial charge is 0.255 e. The van der Waals surface area contributed by atoms with Crippen molar-refractivity contribution >= 4 is 17.7 Å². The molecule has 0 saturated carbocycles. The van der Waals surface area contributed by atoms with Crippen molar-refractivity contribution in [1.29, 1.82) is 0 Å². The number of hydrogen-bond acceptors (Lipinski definition) is 5. The topological polar surface area (TPSA) is 101 Å². The first-order valence-electron chi connectivity index (χ1n) is 10.2. The predicted octanol–water partition coefficient (Wildman–Crippen LogP) is 1.52. The second-order valence-electron chi connectivity index (χ2n) is 7.59. The SMILES string of the molecule is O=C1C[C@@H]2CC[C@H](CNC(=O)c3cc(F)ccc3OCCN1)N2C(=O)c1cccnc1. The fraction of sp³-hybridized carbons (Fsp3) is 0.364. The van der Waals surface area contributed by atoms with Gasteiger partial charge < -0.3 is 20.3 Å². The molecule has 1 saturated heterocycles. The summed E-state index contributed by atoms with van der Waals surface area (Å²) in [5, 5.41) is 5.58. The lowest BCUT2D eigenvalue weighted by molar-refractivity contribution is -0.122. The van der Waals surface area contributed by atoms with E-state index in [9.17, 15) is 18.8 Å². The first-order valence-corrected chi connectivity index (χ1v) is 10.2. The van der Waals surface area contributed by atoms with Gasteiger partial charge in [-0.25, -0.2) is 4.39 Å². The largest absolute Gasteiger partial charge is 0.491 e. The number of carbonyl (C=O) groups excluding carboxylic acids is 3. The van der Waals surface area contributed by atoms with Gasteiger partial charge in [-0.3, -0.25) is 19.4 Å². The van der Waals surface area contributed by atoms with Crippen molar-refractivity contribution in [2.75, 3.05) is 19.7 Å². The van der Waals surface area contributed by atoms with E-state index in [1.807, 2.05) is 0 Å². The molecule has 9 heteroatoms. The van der Waals surface area contributed by atoms with Crippen molar-refractivity contribution in [3.63, 3.8) is 0 Å². The van der Waals surface area contributed by atoms with E-state index in [4.69, 9.17) is 4.74 Å². The number of benzene rings is 1. The van der Waals surface area contributed by atoms with E-state index in [0.717, 1.165) is 6.07 Å². The van der Waals surface area contributed by atoms with Crippen molar-refractivity contribution in [3.8, 4) is 5.75 Å². The Morgan fingerprint density at radius 3 is 2.81 bits per heavy atom. The van der Waals surface area contributed by atoms with E-state index in [-0.39, 0.29) is 61.3 Å². The summed E-state index contributed by atoms with van der Waals surface area (Å²) in [4.78, 5) is 44.1. The predicted molar refractivity (Wildman–Crippen MR) is 109 cm³/mol. The molecular weight excluding hydrogens is 403 g/mol. The van der Waals surface area contributed by atoms with Crippen LogP contribution in [0.15, 0.2) is 42.7 Å². The van der Waals surface area contributed by atoms with E-state index in [2.05, 4.69) is 15.6 Å². The van der Waals surface area contributed by atoms with Gasteiger partial charge in [-0.05, 0) is 43.2 Å². The van der Waals surface area contributed by atoms with Crippen LogP contribution in [-0.4, -0.2) is 59.4 Å². The number of ether oxygens (including phenoxy) is 1. The molecule has 4 rings (SSSR count). The molecule has 1 aromatic carbocycles. The molecule has 0 unspecified atom stereocenters. The number of aromatic nitrogens is 1. The van der Waals surface area contributed by atoms with Crippen LogP contribution in [0.25, 0.3) is 0 Å². The zero-order valence-electron chi connectivity index (χ0n) is 16.8. The average Bonchev–Trinajstić information content (AvgIpc) is 3.17. The minimum atomic E-state index is -0.554. The van der Waals surface area contributed by atoms with Crippen molar-refractivity contribution in [3.05, 3.63) is 59.7 Å². The van der Waals surface area contributed by atoms with Crippen molar-refractivity contribution in [2.24, 2.45) is 0 Å². The molecule has 2 aliphatic heterocycles. The summed E-state index contributed by atoms with van der Waals surface area (Å²) in [6.07, 6.45) is 4.51. The first-order chi connectivity index (χ1) is 15.0. The zero-order valence-corrected chi connectivity index (χ0v) is 16.8. The maximum Gasteiger partial charge on any atom is 0.255 e. The van der Waals surface area contributed by atoms with Gasteiger partial charge in [-0.1, -0.05) is 0 Å². The van der Waals surface area contributed by atoms with Gasteiger partial charge in [-0.15, -0.1) is 0 Å². The molecule has 2 aliphatic rings.